The number of anilines is 1. The predicted octanol–water partition coefficient (Wildman–Crippen LogP) is 0.922. The molecular formula is C8H11N5OS2. The molecule has 3 N–H and O–H groups in total. The van der Waals surface area contributed by atoms with Crippen LogP contribution in [0.4, 0.5) is 5.13 Å². The monoisotopic (exact) mass is 257 g/mol. The van der Waals surface area contributed by atoms with Crippen LogP contribution in [-0.2, 0) is 12.3 Å². The molecule has 2 aromatic rings. The minimum atomic E-state index is -0.172. The first-order valence-corrected chi connectivity index (χ1v) is 6.49. The molecule has 0 unspecified atom stereocenters. The van der Waals surface area contributed by atoms with Gasteiger partial charge in [0, 0.05) is 23.4 Å². The molecule has 0 saturated carbocycles. The highest BCUT2D eigenvalue weighted by Gasteiger charge is 2.08. The topological polar surface area (TPSA) is 89.6 Å². The lowest BCUT2D eigenvalue weighted by Crippen LogP contribution is -2.16. The molecule has 0 atom stereocenters. The molecule has 0 radical (unpaired) electrons. The number of H-pyrrole nitrogens is 1. The van der Waals surface area contributed by atoms with Crippen molar-refractivity contribution < 1.29 is 0 Å². The summed E-state index contributed by atoms with van der Waals surface area (Å²) in [7, 11) is 0. The largest absolute Gasteiger partial charge is 0.375 e. The summed E-state index contributed by atoms with van der Waals surface area (Å²) in [6.45, 7) is 2.52. The Bertz CT molecular complexity index is 529. The standard InChI is InChI=1S/C8H11N5OS2/c1-2-13-7(14)11-12-8(13)15-4-5-3-10-6(9)16-5/h3H,2,4H2,1H3,(H2,9,10)(H,11,14). The molecule has 6 nitrogen and oxygen atoms in total. The molecular weight excluding hydrogens is 246 g/mol. The van der Waals surface area contributed by atoms with Gasteiger partial charge in [0.05, 0.1) is 0 Å². The number of nitrogens with one attached hydrogen (secondary N) is 1. The van der Waals surface area contributed by atoms with E-state index in [0.29, 0.717) is 16.8 Å². The van der Waals surface area contributed by atoms with E-state index in [1.54, 1.807) is 10.8 Å². The van der Waals surface area contributed by atoms with E-state index >= 15 is 0 Å². The Morgan fingerprint density at radius 3 is 3.12 bits per heavy atom. The third-order valence-corrected chi connectivity index (χ3v) is 3.99. The second-order valence-corrected chi connectivity index (χ2v) is 5.10. The predicted molar refractivity (Wildman–Crippen MR) is 64.6 cm³/mol. The van der Waals surface area contributed by atoms with E-state index in [1.165, 1.54) is 23.1 Å². The highest BCUT2D eigenvalue weighted by molar-refractivity contribution is 7.98. The van der Waals surface area contributed by atoms with Crippen LogP contribution in [-0.4, -0.2) is 19.7 Å². The first-order valence-electron chi connectivity index (χ1n) is 4.69. The summed E-state index contributed by atoms with van der Waals surface area (Å²) in [5, 5.41) is 7.63. The van der Waals surface area contributed by atoms with Crippen LogP contribution >= 0.6 is 23.1 Å². The molecule has 0 bridgehead atoms. The van der Waals surface area contributed by atoms with Crippen molar-refractivity contribution in [2.45, 2.75) is 24.4 Å². The SMILES string of the molecule is CCn1c(SCc2cnc(N)s2)n[nH]c1=O. The highest BCUT2D eigenvalue weighted by Crippen LogP contribution is 2.24. The zero-order valence-electron chi connectivity index (χ0n) is 8.64. The molecule has 2 aromatic heterocycles. The van der Waals surface area contributed by atoms with Crippen molar-refractivity contribution in [1.29, 1.82) is 0 Å². The maximum atomic E-state index is 11.3. The molecule has 0 fully saturated rings. The third-order valence-electron chi connectivity index (χ3n) is 1.95. The van der Waals surface area contributed by atoms with Gasteiger partial charge < -0.3 is 5.73 Å². The molecule has 2 heterocycles. The second-order valence-electron chi connectivity index (χ2n) is 3.01. The maximum absolute atomic E-state index is 11.3. The minimum Gasteiger partial charge on any atom is -0.375 e. The van der Waals surface area contributed by atoms with Crippen molar-refractivity contribution in [3.8, 4) is 0 Å². The van der Waals surface area contributed by atoms with E-state index < -0.39 is 0 Å². The average molecular weight is 257 g/mol. The van der Waals surface area contributed by atoms with E-state index in [1.807, 2.05) is 6.92 Å². The van der Waals surface area contributed by atoms with E-state index in [2.05, 4.69) is 15.2 Å². The molecule has 16 heavy (non-hydrogen) atoms. The van der Waals surface area contributed by atoms with E-state index in [-0.39, 0.29) is 5.69 Å². The molecule has 0 aromatic carbocycles. The number of thiazole rings is 1. The van der Waals surface area contributed by atoms with Crippen LogP contribution in [0.15, 0.2) is 16.1 Å². The Kier molecular flexibility index (Phi) is 3.30. The highest BCUT2D eigenvalue weighted by atomic mass is 32.2. The zero-order chi connectivity index (χ0) is 11.5. The Balaban J connectivity index is 2.07. The van der Waals surface area contributed by atoms with Gasteiger partial charge in [0.25, 0.3) is 0 Å². The summed E-state index contributed by atoms with van der Waals surface area (Å²) in [4.78, 5) is 16.3. The van der Waals surface area contributed by atoms with Crippen LogP contribution in [0.25, 0.3) is 0 Å². The van der Waals surface area contributed by atoms with Crippen LogP contribution in [0, 0.1) is 0 Å². The fourth-order valence-electron chi connectivity index (χ4n) is 1.22. The third kappa shape index (κ3) is 2.27. The second kappa shape index (κ2) is 4.71. The molecule has 86 valence electrons. The Morgan fingerprint density at radius 1 is 1.69 bits per heavy atom. The summed E-state index contributed by atoms with van der Waals surface area (Å²) < 4.78 is 1.59. The molecule has 2 rings (SSSR count). The summed E-state index contributed by atoms with van der Waals surface area (Å²) in [5.41, 5.74) is 5.36. The van der Waals surface area contributed by atoms with Gasteiger partial charge in [0.1, 0.15) is 0 Å². The number of aromatic nitrogens is 4. The fraction of sp³-hybridized carbons (Fsp3) is 0.375. The normalized spacial score (nSPS) is 10.8. The lowest BCUT2D eigenvalue weighted by molar-refractivity contribution is 0.660. The van der Waals surface area contributed by atoms with Crippen molar-refractivity contribution in [3.05, 3.63) is 21.6 Å². The van der Waals surface area contributed by atoms with Gasteiger partial charge in [-0.3, -0.25) is 4.57 Å². The Hall–Kier alpha value is -1.28. The van der Waals surface area contributed by atoms with Gasteiger partial charge in [-0.25, -0.2) is 14.9 Å². The number of aromatic amines is 1. The Labute approximate surface area is 99.9 Å². The van der Waals surface area contributed by atoms with Crippen LogP contribution in [0.2, 0.25) is 0 Å². The number of hydrogen-bond donors (Lipinski definition) is 2. The van der Waals surface area contributed by atoms with E-state index in [0.717, 1.165) is 10.6 Å². The number of rotatable bonds is 4. The number of nitrogens with two attached hydrogens (primary N) is 1. The van der Waals surface area contributed by atoms with Gasteiger partial charge in [-0.1, -0.05) is 11.8 Å². The van der Waals surface area contributed by atoms with Crippen LogP contribution < -0.4 is 11.4 Å². The van der Waals surface area contributed by atoms with Gasteiger partial charge in [-0.15, -0.1) is 16.4 Å². The van der Waals surface area contributed by atoms with Gasteiger partial charge in [-0.2, -0.15) is 0 Å². The van der Waals surface area contributed by atoms with Crippen molar-refractivity contribution in [3.63, 3.8) is 0 Å². The number of hydrogen-bond acceptors (Lipinski definition) is 6. The lowest BCUT2D eigenvalue weighted by Gasteiger charge is -1.99. The van der Waals surface area contributed by atoms with Crippen LogP contribution in [0.5, 0.6) is 0 Å². The van der Waals surface area contributed by atoms with Gasteiger partial charge in [-0.05, 0) is 6.92 Å². The summed E-state index contributed by atoms with van der Waals surface area (Å²) >= 11 is 2.94. The summed E-state index contributed by atoms with van der Waals surface area (Å²) in [6.07, 6.45) is 1.74. The maximum Gasteiger partial charge on any atom is 0.343 e. The average Bonchev–Trinajstić information content (AvgIpc) is 2.82. The van der Waals surface area contributed by atoms with Crippen molar-refractivity contribution >= 4 is 28.2 Å². The van der Waals surface area contributed by atoms with Crippen molar-refractivity contribution in [2.75, 3.05) is 5.73 Å². The van der Waals surface area contributed by atoms with E-state index in [9.17, 15) is 4.79 Å². The van der Waals surface area contributed by atoms with Gasteiger partial charge in [0.2, 0.25) is 0 Å². The lowest BCUT2D eigenvalue weighted by atomic mass is 10.6. The first-order chi connectivity index (χ1) is 7.70. The van der Waals surface area contributed by atoms with Gasteiger partial charge >= 0.3 is 5.69 Å². The van der Waals surface area contributed by atoms with E-state index in [4.69, 9.17) is 5.73 Å². The Morgan fingerprint density at radius 2 is 2.50 bits per heavy atom. The molecule has 0 saturated heterocycles. The molecule has 0 aliphatic carbocycles. The molecule has 0 aliphatic rings. The number of thioether (sulfide) groups is 1. The number of nitrogens with zero attached hydrogens (tertiary/aromatic N) is 3. The molecule has 0 aliphatic heterocycles. The zero-order valence-corrected chi connectivity index (χ0v) is 10.3. The fourth-order valence-corrected chi connectivity index (χ4v) is 2.93. The van der Waals surface area contributed by atoms with Crippen LogP contribution in [0.1, 0.15) is 11.8 Å². The minimum absolute atomic E-state index is 0.172. The molecule has 0 amide bonds. The molecule has 8 heteroatoms. The first kappa shape index (κ1) is 11.2. The molecule has 0 spiro atoms. The smallest absolute Gasteiger partial charge is 0.343 e. The van der Waals surface area contributed by atoms with Crippen molar-refractivity contribution in [1.82, 2.24) is 19.7 Å². The van der Waals surface area contributed by atoms with Crippen molar-refractivity contribution in [2.24, 2.45) is 0 Å². The summed E-state index contributed by atoms with van der Waals surface area (Å²) in [5.74, 6) is 0.721. The summed E-state index contributed by atoms with van der Waals surface area (Å²) in [6, 6.07) is 0. The van der Waals surface area contributed by atoms with Crippen LogP contribution in [0.3, 0.4) is 0 Å². The number of nitrogen functional groups attached to an aromatic ring is 1. The van der Waals surface area contributed by atoms with Gasteiger partial charge in [0.15, 0.2) is 10.3 Å². The quantitative estimate of drug-likeness (QED) is 0.795.